The maximum Gasteiger partial charge on any atom is 0.416 e. The molecule has 0 aliphatic carbocycles. The van der Waals surface area contributed by atoms with Crippen LogP contribution < -0.4 is 10.6 Å². The molecule has 0 amide bonds. The molecule has 2 N–H and O–H groups in total. The summed E-state index contributed by atoms with van der Waals surface area (Å²) in [5, 5.41) is 5.89. The van der Waals surface area contributed by atoms with Gasteiger partial charge in [-0.05, 0) is 18.6 Å². The summed E-state index contributed by atoms with van der Waals surface area (Å²) in [6, 6.07) is 2.11. The van der Waals surface area contributed by atoms with Gasteiger partial charge in [-0.3, -0.25) is 4.90 Å². The second-order valence-corrected chi connectivity index (χ2v) is 7.51. The Balaban J connectivity index is 1.63. The first kappa shape index (κ1) is 23.8. The van der Waals surface area contributed by atoms with Gasteiger partial charge in [0.05, 0.1) is 23.7 Å². The summed E-state index contributed by atoms with van der Waals surface area (Å²) in [5.74, 6) is -2.52. The maximum absolute atomic E-state index is 14.8. The molecule has 32 heavy (non-hydrogen) atoms. The van der Waals surface area contributed by atoms with E-state index in [-0.39, 0.29) is 19.5 Å². The zero-order valence-corrected chi connectivity index (χ0v) is 17.3. The number of nitrogens with zero attached hydrogens (tertiary/aromatic N) is 3. The topological polar surface area (TPSA) is 53.1 Å². The number of alkyl halides is 6. The molecule has 0 spiro atoms. The Hall–Kier alpha value is -2.82. The summed E-state index contributed by atoms with van der Waals surface area (Å²) in [7, 11) is 1.67. The number of piperidine rings is 1. The number of benzene rings is 1. The number of aromatic nitrogens is 2. The van der Waals surface area contributed by atoms with Crippen LogP contribution in [-0.2, 0) is 12.1 Å². The molecule has 1 saturated heterocycles. The zero-order valence-electron chi connectivity index (χ0n) is 17.3. The highest BCUT2D eigenvalue weighted by molar-refractivity contribution is 5.72. The van der Waals surface area contributed by atoms with Crippen LogP contribution in [0.5, 0.6) is 0 Å². The number of likely N-dealkylation sites (tertiary alicyclic amines) is 1. The molecule has 1 aromatic heterocycles. The summed E-state index contributed by atoms with van der Waals surface area (Å²) in [6.45, 7) is 2.85. The molecule has 1 aliphatic rings. The molecule has 5 nitrogen and oxygen atoms in total. The van der Waals surface area contributed by atoms with Crippen molar-refractivity contribution in [3.8, 4) is 0 Å². The van der Waals surface area contributed by atoms with E-state index in [0.717, 1.165) is 12.1 Å². The van der Waals surface area contributed by atoms with Gasteiger partial charge in [0, 0.05) is 25.7 Å². The van der Waals surface area contributed by atoms with E-state index in [4.69, 9.17) is 0 Å². The van der Waals surface area contributed by atoms with E-state index in [1.807, 2.05) is 0 Å². The lowest BCUT2D eigenvalue weighted by atomic mass is 10.0. The fourth-order valence-corrected chi connectivity index (χ4v) is 3.63. The first-order valence-electron chi connectivity index (χ1n) is 9.89. The molecule has 174 valence electrons. The Kier molecular flexibility index (Phi) is 6.97. The summed E-state index contributed by atoms with van der Waals surface area (Å²) < 4.78 is 82.0. The molecule has 1 fully saturated rings. The summed E-state index contributed by atoms with van der Waals surface area (Å²) in [4.78, 5) is 9.45. The zero-order chi connectivity index (χ0) is 23.5. The van der Waals surface area contributed by atoms with Crippen LogP contribution in [0.25, 0.3) is 6.08 Å². The highest BCUT2D eigenvalue weighted by atomic mass is 19.4. The average molecular weight is 459 g/mol. The van der Waals surface area contributed by atoms with E-state index in [9.17, 15) is 26.3 Å². The minimum atomic E-state index is -4.60. The number of rotatable bonds is 7. The Bertz CT molecular complexity index is 931. The van der Waals surface area contributed by atoms with Crippen molar-refractivity contribution in [2.24, 2.45) is 0 Å². The van der Waals surface area contributed by atoms with Crippen molar-refractivity contribution in [1.29, 1.82) is 0 Å². The van der Waals surface area contributed by atoms with Gasteiger partial charge in [0.1, 0.15) is 24.1 Å². The first-order chi connectivity index (χ1) is 15.0. The lowest BCUT2D eigenvalue weighted by molar-refractivity contribution is -0.137. The summed E-state index contributed by atoms with van der Waals surface area (Å²) in [6.07, 6.45) is -2.99. The normalized spacial score (nSPS) is 20.1. The largest absolute Gasteiger partial charge is 0.416 e. The molecule has 1 aromatic carbocycles. The smallest absolute Gasteiger partial charge is 0.372 e. The van der Waals surface area contributed by atoms with Crippen LogP contribution in [-0.4, -0.2) is 53.8 Å². The number of hydrogen-bond donors (Lipinski definition) is 2. The van der Waals surface area contributed by atoms with Crippen LogP contribution in [0, 0.1) is 0 Å². The SMILES string of the molecule is C=Cc1c(NC)ncnc1N[C@@H]1CCN(CC(F)(F)c2ccc(C(F)(F)F)cc2)C[C@H]1F. The second kappa shape index (κ2) is 9.35. The Morgan fingerprint density at radius 1 is 1.09 bits per heavy atom. The van der Waals surface area contributed by atoms with Gasteiger partial charge in [-0.25, -0.2) is 14.4 Å². The molecule has 1 aliphatic heterocycles. The maximum atomic E-state index is 14.8. The van der Waals surface area contributed by atoms with Crippen molar-refractivity contribution >= 4 is 17.7 Å². The predicted molar refractivity (Wildman–Crippen MR) is 110 cm³/mol. The molecule has 3 rings (SSSR count). The average Bonchev–Trinajstić information content (AvgIpc) is 2.74. The Labute approximate surface area is 181 Å². The Morgan fingerprint density at radius 3 is 2.28 bits per heavy atom. The van der Waals surface area contributed by atoms with Crippen LogP contribution in [0.4, 0.5) is 38.0 Å². The molecule has 0 saturated carbocycles. The quantitative estimate of drug-likeness (QED) is 0.583. The van der Waals surface area contributed by atoms with Crippen LogP contribution >= 0.6 is 0 Å². The number of nitrogens with one attached hydrogen (secondary N) is 2. The minimum absolute atomic E-state index is 0.182. The molecular formula is C21H23F6N5. The summed E-state index contributed by atoms with van der Waals surface area (Å²) >= 11 is 0. The van der Waals surface area contributed by atoms with Gasteiger partial charge in [-0.15, -0.1) is 0 Å². The van der Waals surface area contributed by atoms with E-state index in [1.54, 1.807) is 7.05 Å². The predicted octanol–water partition coefficient (Wildman–Crippen LogP) is 4.80. The van der Waals surface area contributed by atoms with Gasteiger partial charge >= 0.3 is 6.18 Å². The fourth-order valence-electron chi connectivity index (χ4n) is 3.63. The van der Waals surface area contributed by atoms with Crippen molar-refractivity contribution in [1.82, 2.24) is 14.9 Å². The highest BCUT2D eigenvalue weighted by Gasteiger charge is 2.39. The molecule has 2 heterocycles. The minimum Gasteiger partial charge on any atom is -0.372 e. The van der Waals surface area contributed by atoms with Crippen molar-refractivity contribution in [2.75, 3.05) is 37.3 Å². The van der Waals surface area contributed by atoms with E-state index >= 15 is 0 Å². The third-order valence-corrected chi connectivity index (χ3v) is 5.33. The third kappa shape index (κ3) is 5.32. The number of hydrogen-bond acceptors (Lipinski definition) is 5. The van der Waals surface area contributed by atoms with Crippen LogP contribution in [0.1, 0.15) is 23.1 Å². The lowest BCUT2D eigenvalue weighted by Crippen LogP contribution is -2.50. The van der Waals surface area contributed by atoms with Gasteiger partial charge in [-0.2, -0.15) is 22.0 Å². The second-order valence-electron chi connectivity index (χ2n) is 7.51. The van der Waals surface area contributed by atoms with Crippen LogP contribution in [0.3, 0.4) is 0 Å². The van der Waals surface area contributed by atoms with Crippen molar-refractivity contribution in [3.63, 3.8) is 0 Å². The molecular weight excluding hydrogens is 436 g/mol. The van der Waals surface area contributed by atoms with Crippen molar-refractivity contribution in [2.45, 2.75) is 30.7 Å². The Morgan fingerprint density at radius 2 is 1.72 bits per heavy atom. The first-order valence-corrected chi connectivity index (χ1v) is 9.89. The van der Waals surface area contributed by atoms with E-state index in [0.29, 0.717) is 29.3 Å². The lowest BCUT2D eigenvalue weighted by Gasteiger charge is -2.37. The van der Waals surface area contributed by atoms with Gasteiger partial charge < -0.3 is 10.6 Å². The third-order valence-electron chi connectivity index (χ3n) is 5.33. The van der Waals surface area contributed by atoms with E-state index < -0.39 is 42.0 Å². The fraction of sp³-hybridized carbons (Fsp3) is 0.429. The summed E-state index contributed by atoms with van der Waals surface area (Å²) in [5.41, 5.74) is -0.978. The molecule has 2 atom stereocenters. The van der Waals surface area contributed by atoms with E-state index in [2.05, 4.69) is 27.2 Å². The highest BCUT2D eigenvalue weighted by Crippen LogP contribution is 2.34. The molecule has 11 heteroatoms. The number of halogens is 6. The molecule has 0 radical (unpaired) electrons. The van der Waals surface area contributed by atoms with Crippen LogP contribution in [0.2, 0.25) is 0 Å². The molecule has 2 aromatic rings. The number of anilines is 2. The molecule has 0 unspecified atom stereocenters. The monoisotopic (exact) mass is 459 g/mol. The van der Waals surface area contributed by atoms with Crippen molar-refractivity contribution in [3.05, 3.63) is 53.9 Å². The van der Waals surface area contributed by atoms with Gasteiger partial charge in [0.15, 0.2) is 0 Å². The molecule has 0 bridgehead atoms. The van der Waals surface area contributed by atoms with Gasteiger partial charge in [-0.1, -0.05) is 24.8 Å². The van der Waals surface area contributed by atoms with Gasteiger partial charge in [0.25, 0.3) is 5.92 Å². The standard InChI is InChI=1S/C21H23F6N5/c1-3-15-18(28-2)29-12-30-19(15)31-17-8-9-32(10-16(17)22)11-20(23,24)13-4-6-14(7-5-13)21(25,26)27/h3-7,12,16-17H,1,8-11H2,2H3,(H2,28,29,30,31)/t16-,17-/m1/s1. The van der Waals surface area contributed by atoms with Gasteiger partial charge in [0.2, 0.25) is 0 Å². The van der Waals surface area contributed by atoms with E-state index in [1.165, 1.54) is 17.3 Å². The van der Waals surface area contributed by atoms with Crippen LogP contribution in [0.15, 0.2) is 37.2 Å². The van der Waals surface area contributed by atoms with Crippen molar-refractivity contribution < 1.29 is 26.3 Å².